The standard InChI is InChI=1S/C17H24O3/c1-13(2)14(3)20-12-15-8-9-17(19-4)16(11-15)7-5-6-10-18/h8-9,11,13-14,18H,6,10,12H2,1-4H3. The van der Waals surface area contributed by atoms with Crippen LogP contribution in [0.3, 0.4) is 0 Å². The summed E-state index contributed by atoms with van der Waals surface area (Å²) in [6.45, 7) is 7.01. The van der Waals surface area contributed by atoms with E-state index in [2.05, 4.69) is 32.6 Å². The zero-order valence-corrected chi connectivity index (χ0v) is 12.8. The quantitative estimate of drug-likeness (QED) is 0.812. The van der Waals surface area contributed by atoms with E-state index in [1.807, 2.05) is 18.2 Å². The second-order valence-corrected chi connectivity index (χ2v) is 5.07. The highest BCUT2D eigenvalue weighted by atomic mass is 16.5. The van der Waals surface area contributed by atoms with Crippen LogP contribution in [0.4, 0.5) is 0 Å². The first-order valence-electron chi connectivity index (χ1n) is 6.96. The number of aliphatic hydroxyl groups excluding tert-OH is 1. The van der Waals surface area contributed by atoms with Crippen LogP contribution in [0.15, 0.2) is 18.2 Å². The summed E-state index contributed by atoms with van der Waals surface area (Å²) in [7, 11) is 1.63. The first-order valence-corrected chi connectivity index (χ1v) is 6.96. The molecular weight excluding hydrogens is 252 g/mol. The number of hydrogen-bond acceptors (Lipinski definition) is 3. The summed E-state index contributed by atoms with van der Waals surface area (Å²) < 4.78 is 11.1. The van der Waals surface area contributed by atoms with Crippen molar-refractivity contribution < 1.29 is 14.6 Å². The molecule has 0 aliphatic heterocycles. The molecule has 0 spiro atoms. The number of benzene rings is 1. The third-order valence-corrected chi connectivity index (χ3v) is 3.18. The van der Waals surface area contributed by atoms with Crippen LogP contribution in [-0.2, 0) is 11.3 Å². The molecule has 0 saturated carbocycles. The maximum absolute atomic E-state index is 8.77. The topological polar surface area (TPSA) is 38.7 Å². The molecule has 1 aromatic rings. The number of hydrogen-bond donors (Lipinski definition) is 1. The van der Waals surface area contributed by atoms with Gasteiger partial charge in [-0.3, -0.25) is 0 Å². The van der Waals surface area contributed by atoms with Gasteiger partial charge in [0.2, 0.25) is 0 Å². The lowest BCUT2D eigenvalue weighted by Crippen LogP contribution is -2.15. The van der Waals surface area contributed by atoms with Crippen LogP contribution >= 0.6 is 0 Å². The number of rotatable bonds is 6. The summed E-state index contributed by atoms with van der Waals surface area (Å²) in [6.07, 6.45) is 0.690. The molecule has 0 aliphatic carbocycles. The summed E-state index contributed by atoms with van der Waals surface area (Å²) in [5.41, 5.74) is 1.91. The van der Waals surface area contributed by atoms with Gasteiger partial charge in [0.15, 0.2) is 0 Å². The van der Waals surface area contributed by atoms with Crippen LogP contribution in [0, 0.1) is 17.8 Å². The van der Waals surface area contributed by atoms with Crippen molar-refractivity contribution in [3.05, 3.63) is 29.3 Å². The van der Waals surface area contributed by atoms with Gasteiger partial charge in [0.1, 0.15) is 5.75 Å². The number of methoxy groups -OCH3 is 1. The van der Waals surface area contributed by atoms with E-state index in [0.29, 0.717) is 18.9 Å². The Morgan fingerprint density at radius 2 is 2.00 bits per heavy atom. The van der Waals surface area contributed by atoms with Crippen LogP contribution in [-0.4, -0.2) is 24.9 Å². The van der Waals surface area contributed by atoms with Crippen molar-refractivity contribution in [1.82, 2.24) is 0 Å². The van der Waals surface area contributed by atoms with Crippen molar-refractivity contribution >= 4 is 0 Å². The Morgan fingerprint density at radius 1 is 1.25 bits per heavy atom. The van der Waals surface area contributed by atoms with Gasteiger partial charge >= 0.3 is 0 Å². The Kier molecular flexibility index (Phi) is 7.14. The summed E-state index contributed by atoms with van der Waals surface area (Å²) in [4.78, 5) is 0. The largest absolute Gasteiger partial charge is 0.495 e. The van der Waals surface area contributed by atoms with Gasteiger partial charge in [-0.15, -0.1) is 0 Å². The van der Waals surface area contributed by atoms with Crippen LogP contribution in [0.25, 0.3) is 0 Å². The van der Waals surface area contributed by atoms with E-state index in [9.17, 15) is 0 Å². The third kappa shape index (κ3) is 5.24. The van der Waals surface area contributed by atoms with Crippen LogP contribution in [0.1, 0.15) is 38.3 Å². The SMILES string of the molecule is COc1ccc(COC(C)C(C)C)cc1C#CCCO. The highest BCUT2D eigenvalue weighted by molar-refractivity contribution is 5.48. The lowest BCUT2D eigenvalue weighted by Gasteiger charge is -2.17. The second kappa shape index (κ2) is 8.63. The van der Waals surface area contributed by atoms with Gasteiger partial charge in [-0.25, -0.2) is 0 Å². The summed E-state index contributed by atoms with van der Waals surface area (Å²) >= 11 is 0. The van der Waals surface area contributed by atoms with Gasteiger partial charge in [-0.1, -0.05) is 31.8 Å². The van der Waals surface area contributed by atoms with Gasteiger partial charge in [0, 0.05) is 6.42 Å². The van der Waals surface area contributed by atoms with Gasteiger partial charge in [0.25, 0.3) is 0 Å². The molecule has 0 fully saturated rings. The molecule has 0 heterocycles. The highest BCUT2D eigenvalue weighted by Crippen LogP contribution is 2.20. The van der Waals surface area contributed by atoms with Crippen LogP contribution < -0.4 is 4.74 Å². The molecule has 0 aromatic heterocycles. The molecule has 3 nitrogen and oxygen atoms in total. The molecule has 0 radical (unpaired) electrons. The molecule has 110 valence electrons. The fourth-order valence-electron chi connectivity index (χ4n) is 1.58. The van der Waals surface area contributed by atoms with E-state index in [4.69, 9.17) is 14.6 Å². The summed E-state index contributed by atoms with van der Waals surface area (Å²) in [5.74, 6) is 7.18. The van der Waals surface area contributed by atoms with Gasteiger partial charge in [-0.05, 0) is 30.5 Å². The van der Waals surface area contributed by atoms with Crippen molar-refractivity contribution in [3.8, 4) is 17.6 Å². The molecule has 0 aliphatic rings. The molecule has 1 aromatic carbocycles. The minimum atomic E-state index is 0.0734. The first-order chi connectivity index (χ1) is 9.58. The highest BCUT2D eigenvalue weighted by Gasteiger charge is 2.08. The lowest BCUT2D eigenvalue weighted by molar-refractivity contribution is 0.0235. The molecule has 20 heavy (non-hydrogen) atoms. The Hall–Kier alpha value is -1.50. The molecule has 0 amide bonds. The zero-order valence-electron chi connectivity index (χ0n) is 12.8. The average molecular weight is 276 g/mol. The predicted octanol–water partition coefficient (Wildman–Crippen LogP) is 2.99. The Bertz CT molecular complexity index is 469. The van der Waals surface area contributed by atoms with Crippen molar-refractivity contribution in [3.63, 3.8) is 0 Å². The maximum Gasteiger partial charge on any atom is 0.134 e. The fraction of sp³-hybridized carbons (Fsp3) is 0.529. The van der Waals surface area contributed by atoms with E-state index in [1.54, 1.807) is 7.11 Å². The molecule has 1 atom stereocenters. The van der Waals surface area contributed by atoms with E-state index in [1.165, 1.54) is 0 Å². The summed E-state index contributed by atoms with van der Waals surface area (Å²) in [5, 5.41) is 8.77. The van der Waals surface area contributed by atoms with Gasteiger partial charge in [-0.2, -0.15) is 0 Å². The number of aliphatic hydroxyl groups is 1. The molecular formula is C17H24O3. The predicted molar refractivity (Wildman–Crippen MR) is 80.7 cm³/mol. The minimum Gasteiger partial charge on any atom is -0.495 e. The Morgan fingerprint density at radius 3 is 2.60 bits per heavy atom. The lowest BCUT2D eigenvalue weighted by atomic mass is 10.1. The van der Waals surface area contributed by atoms with E-state index in [-0.39, 0.29) is 12.7 Å². The molecule has 0 saturated heterocycles. The van der Waals surface area contributed by atoms with Crippen LogP contribution in [0.5, 0.6) is 5.75 Å². The molecule has 0 bridgehead atoms. The Labute approximate surface area is 121 Å². The van der Waals surface area contributed by atoms with Crippen molar-refractivity contribution in [1.29, 1.82) is 0 Å². The normalized spacial score (nSPS) is 11.9. The average Bonchev–Trinajstić information content (AvgIpc) is 2.45. The van der Waals surface area contributed by atoms with Gasteiger partial charge in [0.05, 0.1) is 32.0 Å². The summed E-state index contributed by atoms with van der Waals surface area (Å²) in [6, 6.07) is 5.88. The maximum atomic E-state index is 8.77. The van der Waals surface area contributed by atoms with E-state index < -0.39 is 0 Å². The zero-order chi connectivity index (χ0) is 15.0. The molecule has 1 rings (SSSR count). The monoisotopic (exact) mass is 276 g/mol. The van der Waals surface area contributed by atoms with E-state index in [0.717, 1.165) is 16.9 Å². The smallest absolute Gasteiger partial charge is 0.134 e. The third-order valence-electron chi connectivity index (χ3n) is 3.18. The Balaban J connectivity index is 2.79. The van der Waals surface area contributed by atoms with Crippen molar-refractivity contribution in [2.24, 2.45) is 5.92 Å². The fourth-order valence-corrected chi connectivity index (χ4v) is 1.58. The molecule has 1 N–H and O–H groups in total. The van der Waals surface area contributed by atoms with Crippen molar-refractivity contribution in [2.45, 2.75) is 39.9 Å². The van der Waals surface area contributed by atoms with Gasteiger partial charge < -0.3 is 14.6 Å². The minimum absolute atomic E-state index is 0.0734. The van der Waals surface area contributed by atoms with Crippen LogP contribution in [0.2, 0.25) is 0 Å². The second-order valence-electron chi connectivity index (χ2n) is 5.07. The first kappa shape index (κ1) is 16.6. The molecule has 1 unspecified atom stereocenters. The molecule has 3 heteroatoms. The van der Waals surface area contributed by atoms with Crippen molar-refractivity contribution in [2.75, 3.05) is 13.7 Å². The number of ether oxygens (including phenoxy) is 2. The van der Waals surface area contributed by atoms with E-state index >= 15 is 0 Å².